The fourth-order valence-electron chi connectivity index (χ4n) is 3.49. The first kappa shape index (κ1) is 17.2. The molecule has 2 fully saturated rings. The van der Waals surface area contributed by atoms with Crippen LogP contribution in [0, 0.1) is 5.41 Å². The van der Waals surface area contributed by atoms with Crippen molar-refractivity contribution >= 4 is 0 Å². The number of likely N-dealkylation sites (tertiary alicyclic amines) is 1. The number of hydrogen-bond donors (Lipinski definition) is 1. The van der Waals surface area contributed by atoms with E-state index in [0.717, 1.165) is 52.2 Å². The monoisotopic (exact) mass is 300 g/mol. The number of hydrogen-bond acceptors (Lipinski definition) is 5. The van der Waals surface area contributed by atoms with Crippen LogP contribution in [0.3, 0.4) is 0 Å². The summed E-state index contributed by atoms with van der Waals surface area (Å²) in [5.74, 6) is 0. The molecular weight excluding hydrogens is 268 g/mol. The highest BCUT2D eigenvalue weighted by molar-refractivity contribution is 4.93. The Morgan fingerprint density at radius 2 is 1.71 bits per heavy atom. The lowest BCUT2D eigenvalue weighted by Crippen LogP contribution is -2.48. The van der Waals surface area contributed by atoms with E-state index in [9.17, 15) is 0 Å². The van der Waals surface area contributed by atoms with Crippen molar-refractivity contribution in [3.05, 3.63) is 0 Å². The Kier molecular flexibility index (Phi) is 6.44. The van der Waals surface area contributed by atoms with Crippen LogP contribution in [0.5, 0.6) is 0 Å². The van der Waals surface area contributed by atoms with Crippen molar-refractivity contribution in [2.75, 3.05) is 53.6 Å². The maximum absolute atomic E-state index is 5.58. The molecule has 0 radical (unpaired) electrons. The van der Waals surface area contributed by atoms with Gasteiger partial charge in [0, 0.05) is 59.7 Å². The molecule has 0 aromatic rings. The van der Waals surface area contributed by atoms with Gasteiger partial charge in [-0.15, -0.1) is 0 Å². The van der Waals surface area contributed by atoms with Gasteiger partial charge in [-0.05, 0) is 18.3 Å². The van der Waals surface area contributed by atoms with Gasteiger partial charge in [-0.1, -0.05) is 13.8 Å². The second kappa shape index (κ2) is 7.88. The molecule has 0 spiro atoms. The number of rotatable bonds is 7. The van der Waals surface area contributed by atoms with E-state index in [0.29, 0.717) is 11.5 Å². The predicted octanol–water partition coefficient (Wildman–Crippen LogP) is 1.13. The lowest BCUT2D eigenvalue weighted by atomic mass is 9.79. The van der Waals surface area contributed by atoms with E-state index in [-0.39, 0.29) is 12.2 Å². The molecule has 0 amide bonds. The molecule has 0 aliphatic carbocycles. The summed E-state index contributed by atoms with van der Waals surface area (Å²) in [4.78, 5) is 2.51. The van der Waals surface area contributed by atoms with Crippen molar-refractivity contribution in [3.8, 4) is 0 Å². The minimum absolute atomic E-state index is 0.199. The van der Waals surface area contributed by atoms with Crippen LogP contribution >= 0.6 is 0 Å². The van der Waals surface area contributed by atoms with Crippen molar-refractivity contribution in [1.82, 2.24) is 10.2 Å². The summed E-state index contributed by atoms with van der Waals surface area (Å²) >= 11 is 0. The standard InChI is InChI=1S/C16H32N2O3/c1-13(2)17-11-16(5-7-21-8-6-16)12-18-9-14(19-3)15(10-18)20-4/h13-15,17H,5-12H2,1-4H3. The Balaban J connectivity index is 1.95. The van der Waals surface area contributed by atoms with Crippen LogP contribution < -0.4 is 5.32 Å². The van der Waals surface area contributed by atoms with Gasteiger partial charge in [0.25, 0.3) is 0 Å². The normalized spacial score (nSPS) is 30.1. The Labute approximate surface area is 129 Å². The molecule has 124 valence electrons. The molecule has 5 heteroatoms. The highest BCUT2D eigenvalue weighted by Crippen LogP contribution is 2.32. The van der Waals surface area contributed by atoms with Crippen LogP contribution in [-0.4, -0.2) is 76.8 Å². The Bertz CT molecular complexity index is 294. The summed E-state index contributed by atoms with van der Waals surface area (Å²) in [5, 5.41) is 3.64. The average molecular weight is 300 g/mol. The van der Waals surface area contributed by atoms with E-state index in [1.165, 1.54) is 0 Å². The Morgan fingerprint density at radius 1 is 1.14 bits per heavy atom. The third-order valence-electron chi connectivity index (χ3n) is 4.89. The quantitative estimate of drug-likeness (QED) is 0.763. The van der Waals surface area contributed by atoms with Crippen LogP contribution in [-0.2, 0) is 14.2 Å². The van der Waals surface area contributed by atoms with Crippen molar-refractivity contribution in [1.29, 1.82) is 0 Å². The number of nitrogens with zero attached hydrogens (tertiary/aromatic N) is 1. The molecule has 5 nitrogen and oxygen atoms in total. The van der Waals surface area contributed by atoms with Gasteiger partial charge in [0.2, 0.25) is 0 Å². The highest BCUT2D eigenvalue weighted by Gasteiger charge is 2.39. The molecule has 1 N–H and O–H groups in total. The number of methoxy groups -OCH3 is 2. The van der Waals surface area contributed by atoms with Gasteiger partial charge in [-0.2, -0.15) is 0 Å². The number of ether oxygens (including phenoxy) is 3. The van der Waals surface area contributed by atoms with Gasteiger partial charge in [0.15, 0.2) is 0 Å². The van der Waals surface area contributed by atoms with Gasteiger partial charge < -0.3 is 19.5 Å². The van der Waals surface area contributed by atoms with Crippen molar-refractivity contribution in [2.24, 2.45) is 5.41 Å². The molecule has 2 rings (SSSR count). The second-order valence-corrected chi connectivity index (χ2v) is 6.89. The van der Waals surface area contributed by atoms with E-state index in [4.69, 9.17) is 14.2 Å². The fourth-order valence-corrected chi connectivity index (χ4v) is 3.49. The summed E-state index contributed by atoms with van der Waals surface area (Å²) in [6.07, 6.45) is 2.67. The van der Waals surface area contributed by atoms with E-state index < -0.39 is 0 Å². The van der Waals surface area contributed by atoms with E-state index >= 15 is 0 Å². The third kappa shape index (κ3) is 4.63. The highest BCUT2D eigenvalue weighted by atomic mass is 16.5. The van der Waals surface area contributed by atoms with Crippen molar-refractivity contribution in [3.63, 3.8) is 0 Å². The molecular formula is C16H32N2O3. The zero-order valence-corrected chi connectivity index (χ0v) is 14.1. The molecule has 2 aliphatic rings. The summed E-state index contributed by atoms with van der Waals surface area (Å²) < 4.78 is 16.7. The molecule has 2 atom stereocenters. The largest absolute Gasteiger partial charge is 0.381 e. The van der Waals surface area contributed by atoms with Gasteiger partial charge in [-0.25, -0.2) is 0 Å². The van der Waals surface area contributed by atoms with Crippen molar-refractivity contribution in [2.45, 2.75) is 44.9 Å². The van der Waals surface area contributed by atoms with Crippen LogP contribution in [0.15, 0.2) is 0 Å². The minimum atomic E-state index is 0.199. The lowest BCUT2D eigenvalue weighted by Gasteiger charge is -2.40. The van der Waals surface area contributed by atoms with Crippen LogP contribution in [0.1, 0.15) is 26.7 Å². The summed E-state index contributed by atoms with van der Waals surface area (Å²) in [6, 6.07) is 0.529. The third-order valence-corrected chi connectivity index (χ3v) is 4.89. The van der Waals surface area contributed by atoms with E-state index in [2.05, 4.69) is 24.1 Å². The first-order valence-electron chi connectivity index (χ1n) is 8.17. The van der Waals surface area contributed by atoms with Gasteiger partial charge in [-0.3, -0.25) is 4.90 Å². The van der Waals surface area contributed by atoms with Gasteiger partial charge in [0.1, 0.15) is 0 Å². The van der Waals surface area contributed by atoms with Crippen LogP contribution in [0.4, 0.5) is 0 Å². The SMILES string of the molecule is COC1CN(CC2(CNC(C)C)CCOCC2)CC1OC. The second-order valence-electron chi connectivity index (χ2n) is 6.89. The van der Waals surface area contributed by atoms with E-state index in [1.807, 2.05) is 0 Å². The smallest absolute Gasteiger partial charge is 0.0971 e. The first-order chi connectivity index (χ1) is 10.1. The average Bonchev–Trinajstić information content (AvgIpc) is 2.88. The molecule has 21 heavy (non-hydrogen) atoms. The van der Waals surface area contributed by atoms with Crippen LogP contribution in [0.25, 0.3) is 0 Å². The fraction of sp³-hybridized carbons (Fsp3) is 1.00. The Hall–Kier alpha value is -0.200. The molecule has 0 aromatic carbocycles. The summed E-state index contributed by atoms with van der Waals surface area (Å²) in [6.45, 7) is 10.3. The lowest BCUT2D eigenvalue weighted by molar-refractivity contribution is -0.00461. The zero-order chi connectivity index (χ0) is 15.3. The molecule has 2 saturated heterocycles. The Morgan fingerprint density at radius 3 is 2.19 bits per heavy atom. The van der Waals surface area contributed by atoms with Gasteiger partial charge >= 0.3 is 0 Å². The maximum Gasteiger partial charge on any atom is 0.0971 e. The minimum Gasteiger partial charge on any atom is -0.381 e. The molecule has 2 unspecified atom stereocenters. The molecule has 2 heterocycles. The maximum atomic E-state index is 5.58. The van der Waals surface area contributed by atoms with Gasteiger partial charge in [0.05, 0.1) is 12.2 Å². The molecule has 0 bridgehead atoms. The summed E-state index contributed by atoms with van der Waals surface area (Å²) in [7, 11) is 3.56. The topological polar surface area (TPSA) is 43.0 Å². The first-order valence-corrected chi connectivity index (χ1v) is 8.17. The molecule has 2 aliphatic heterocycles. The zero-order valence-electron chi connectivity index (χ0n) is 14.1. The summed E-state index contributed by atoms with van der Waals surface area (Å²) in [5.41, 5.74) is 0.323. The molecule has 0 aromatic heterocycles. The van der Waals surface area contributed by atoms with Crippen LogP contribution in [0.2, 0.25) is 0 Å². The predicted molar refractivity (Wildman–Crippen MR) is 83.7 cm³/mol. The van der Waals surface area contributed by atoms with E-state index in [1.54, 1.807) is 14.2 Å². The molecule has 0 saturated carbocycles. The van der Waals surface area contributed by atoms with Crippen molar-refractivity contribution < 1.29 is 14.2 Å². The number of nitrogens with one attached hydrogen (secondary N) is 1.